The van der Waals surface area contributed by atoms with E-state index in [0.717, 1.165) is 10.5 Å². The van der Waals surface area contributed by atoms with Gasteiger partial charge in [0, 0.05) is 0 Å². The lowest BCUT2D eigenvalue weighted by Crippen LogP contribution is -2.98. The Morgan fingerprint density at radius 3 is 2.50 bits per heavy atom. The summed E-state index contributed by atoms with van der Waals surface area (Å²) in [5.41, 5.74) is -0.542. The van der Waals surface area contributed by atoms with Crippen LogP contribution in [0.15, 0.2) is 48.5 Å². The van der Waals surface area contributed by atoms with E-state index in [9.17, 15) is 24.6 Å². The van der Waals surface area contributed by atoms with Gasteiger partial charge in [-0.2, -0.15) is 0 Å². The number of amides is 2. The lowest BCUT2D eigenvalue weighted by molar-refractivity contribution is -0.735. The van der Waals surface area contributed by atoms with Gasteiger partial charge in [-0.25, -0.2) is 0 Å². The first kappa shape index (κ1) is 19.9. The first-order valence-corrected chi connectivity index (χ1v) is 9.62. The highest BCUT2D eigenvalue weighted by Crippen LogP contribution is 2.47. The quantitative estimate of drug-likeness (QED) is 0.630. The maximum Gasteiger partial charge on any atom is 0.240 e. The van der Waals surface area contributed by atoms with Crippen LogP contribution in [0.4, 0.5) is 0 Å². The van der Waals surface area contributed by atoms with Crippen LogP contribution in [0.25, 0.3) is 0 Å². The van der Waals surface area contributed by atoms with E-state index in [-0.39, 0.29) is 18.0 Å². The number of phenolic OH excluding ortho intramolecular Hbond substituents is 1. The van der Waals surface area contributed by atoms with Crippen molar-refractivity contribution in [3.8, 4) is 11.5 Å². The van der Waals surface area contributed by atoms with Crippen LogP contribution in [-0.2, 0) is 20.9 Å². The number of nitrogens with two attached hydrogens (primary N) is 1. The third kappa shape index (κ3) is 2.83. The van der Waals surface area contributed by atoms with Crippen LogP contribution in [0.1, 0.15) is 24.1 Å². The zero-order valence-corrected chi connectivity index (χ0v) is 16.6. The van der Waals surface area contributed by atoms with Gasteiger partial charge in [0.2, 0.25) is 11.8 Å². The summed E-state index contributed by atoms with van der Waals surface area (Å²) in [7, 11) is 1.40. The topological polar surface area (TPSA) is 124 Å². The summed E-state index contributed by atoms with van der Waals surface area (Å²) >= 11 is 0. The van der Waals surface area contributed by atoms with Gasteiger partial charge in [0.25, 0.3) is 0 Å². The fourth-order valence-corrected chi connectivity index (χ4v) is 4.70. The number of aromatic hydroxyl groups is 1. The summed E-state index contributed by atoms with van der Waals surface area (Å²) in [6, 6.07) is 13.1. The molecule has 2 fully saturated rings. The highest BCUT2D eigenvalue weighted by atomic mass is 16.5. The number of hydrogen-bond acceptors (Lipinski definition) is 6. The fraction of sp³-hybridized carbons (Fsp3) is 0.318. The Hall–Kier alpha value is -3.39. The smallest absolute Gasteiger partial charge is 0.240 e. The van der Waals surface area contributed by atoms with E-state index in [4.69, 9.17) is 4.74 Å². The highest BCUT2D eigenvalue weighted by Gasteiger charge is 2.68. The molecular formula is C22H22N2O6. The zero-order valence-electron chi connectivity index (χ0n) is 16.6. The molecule has 2 aliphatic heterocycles. The van der Waals surface area contributed by atoms with Gasteiger partial charge in [0.15, 0.2) is 11.5 Å². The molecule has 2 aromatic rings. The molecule has 3 N–H and O–H groups in total. The minimum atomic E-state index is -1.65. The Morgan fingerprint density at radius 1 is 1.17 bits per heavy atom. The number of likely N-dealkylation sites (tertiary alicyclic amines) is 1. The predicted molar refractivity (Wildman–Crippen MR) is 102 cm³/mol. The van der Waals surface area contributed by atoms with Crippen LogP contribution < -0.4 is 15.2 Å². The molecule has 0 radical (unpaired) electrons. The van der Waals surface area contributed by atoms with Crippen LogP contribution >= 0.6 is 0 Å². The summed E-state index contributed by atoms with van der Waals surface area (Å²) in [6.45, 7) is 1.46. The summed E-state index contributed by atoms with van der Waals surface area (Å²) in [5, 5.41) is 24.1. The van der Waals surface area contributed by atoms with Crippen molar-refractivity contribution in [1.82, 2.24) is 4.90 Å². The van der Waals surface area contributed by atoms with E-state index in [1.54, 1.807) is 42.5 Å². The van der Waals surface area contributed by atoms with Crippen LogP contribution in [0.3, 0.4) is 0 Å². The van der Waals surface area contributed by atoms with Crippen molar-refractivity contribution in [3.05, 3.63) is 59.7 Å². The number of imide groups is 1. The molecule has 30 heavy (non-hydrogen) atoms. The van der Waals surface area contributed by atoms with Crippen molar-refractivity contribution >= 4 is 17.8 Å². The number of benzene rings is 2. The molecule has 8 heteroatoms. The molecule has 4 rings (SSSR count). The number of methoxy groups -OCH3 is 1. The number of carboxylic acids is 1. The molecule has 2 aliphatic rings. The number of nitrogens with zero attached hydrogens (tertiary/aromatic N) is 1. The number of rotatable bonds is 5. The number of carbonyl (C=O) groups excluding carboxylic acids is 3. The average Bonchev–Trinajstić information content (AvgIpc) is 3.18. The molecular weight excluding hydrogens is 388 g/mol. The highest BCUT2D eigenvalue weighted by molar-refractivity contribution is 6.08. The van der Waals surface area contributed by atoms with Crippen LogP contribution in [-0.4, -0.2) is 40.4 Å². The predicted octanol–water partition coefficient (Wildman–Crippen LogP) is -0.671. The Balaban J connectivity index is 1.78. The summed E-state index contributed by atoms with van der Waals surface area (Å²) in [5.74, 6) is -4.44. The monoisotopic (exact) mass is 410 g/mol. The number of phenols is 1. The van der Waals surface area contributed by atoms with E-state index >= 15 is 0 Å². The Morgan fingerprint density at radius 2 is 1.87 bits per heavy atom. The molecule has 0 unspecified atom stereocenters. The molecule has 8 nitrogen and oxygen atoms in total. The second kappa shape index (κ2) is 7.14. The second-order valence-corrected chi connectivity index (χ2v) is 7.91. The van der Waals surface area contributed by atoms with Gasteiger partial charge in [-0.05, 0) is 24.6 Å². The first-order chi connectivity index (χ1) is 14.3. The summed E-state index contributed by atoms with van der Waals surface area (Å²) in [6.07, 6.45) is 0. The number of hydrogen-bond donors (Lipinski definition) is 2. The fourth-order valence-electron chi connectivity index (χ4n) is 4.70. The standard InChI is InChI=1S/C22H22N2O6/c1-22(21(28)29)16-15(17(23-22)13-9-6-10-14(30-2)18(13)25)19(26)24(20(16)27)11-12-7-4-3-5-8-12/h3-10,15-17,23,25H,11H2,1-2H3,(H,28,29)/t15-,16+,17-,22-/m0/s1. The van der Waals surface area contributed by atoms with Crippen molar-refractivity contribution in [2.75, 3.05) is 7.11 Å². The lowest BCUT2D eigenvalue weighted by Gasteiger charge is -2.29. The maximum absolute atomic E-state index is 13.3. The largest absolute Gasteiger partial charge is 0.544 e. The normalized spacial score (nSPS) is 27.9. The van der Waals surface area contributed by atoms with Gasteiger partial charge in [0.05, 0.1) is 19.2 Å². The number of para-hydroxylation sites is 1. The van der Waals surface area contributed by atoms with E-state index < -0.39 is 41.2 Å². The molecule has 0 saturated carbocycles. The van der Waals surface area contributed by atoms with Gasteiger partial charge in [-0.1, -0.05) is 36.4 Å². The van der Waals surface area contributed by atoms with Crippen molar-refractivity contribution in [2.45, 2.75) is 25.0 Å². The van der Waals surface area contributed by atoms with Gasteiger partial charge in [-0.3, -0.25) is 14.5 Å². The Labute approximate surface area is 173 Å². The van der Waals surface area contributed by atoms with Gasteiger partial charge < -0.3 is 25.1 Å². The molecule has 2 saturated heterocycles. The van der Waals surface area contributed by atoms with Crippen molar-refractivity contribution in [1.29, 1.82) is 0 Å². The lowest BCUT2D eigenvalue weighted by atomic mass is 9.80. The van der Waals surface area contributed by atoms with Crippen molar-refractivity contribution < 1.29 is 34.7 Å². The number of quaternary nitrogens is 1. The molecule has 0 aromatic heterocycles. The summed E-state index contributed by atoms with van der Waals surface area (Å²) in [4.78, 5) is 39.7. The number of carbonyl (C=O) groups is 3. The van der Waals surface area contributed by atoms with E-state index in [0.29, 0.717) is 5.56 Å². The molecule has 2 heterocycles. The number of ether oxygens (including phenoxy) is 1. The van der Waals surface area contributed by atoms with E-state index in [1.165, 1.54) is 19.4 Å². The molecule has 0 bridgehead atoms. The van der Waals surface area contributed by atoms with Crippen molar-refractivity contribution in [2.24, 2.45) is 11.8 Å². The van der Waals surface area contributed by atoms with E-state index in [1.807, 2.05) is 6.07 Å². The second-order valence-electron chi connectivity index (χ2n) is 7.91. The minimum absolute atomic E-state index is 0.0610. The number of carboxylic acid groups (broad SMARTS) is 1. The number of fused-ring (bicyclic) bond motifs is 1. The molecule has 0 aliphatic carbocycles. The van der Waals surface area contributed by atoms with Gasteiger partial charge >= 0.3 is 0 Å². The molecule has 2 amide bonds. The Bertz CT molecular complexity index is 1020. The molecule has 0 spiro atoms. The first-order valence-electron chi connectivity index (χ1n) is 9.62. The third-order valence-corrected chi connectivity index (χ3v) is 6.23. The molecule has 156 valence electrons. The van der Waals surface area contributed by atoms with Crippen LogP contribution in [0, 0.1) is 11.8 Å². The average molecular weight is 410 g/mol. The van der Waals surface area contributed by atoms with Gasteiger partial charge in [-0.15, -0.1) is 0 Å². The summed E-state index contributed by atoms with van der Waals surface area (Å²) < 4.78 is 5.15. The minimum Gasteiger partial charge on any atom is -0.544 e. The van der Waals surface area contributed by atoms with E-state index in [2.05, 4.69) is 0 Å². The van der Waals surface area contributed by atoms with Crippen molar-refractivity contribution in [3.63, 3.8) is 0 Å². The van der Waals surface area contributed by atoms with Crippen LogP contribution in [0.5, 0.6) is 11.5 Å². The van der Waals surface area contributed by atoms with Crippen LogP contribution in [0.2, 0.25) is 0 Å². The van der Waals surface area contributed by atoms with Gasteiger partial charge in [0.1, 0.15) is 29.4 Å². The SMILES string of the molecule is COc1cccc([C@@H]2[NH2+][C@](C)(C(=O)[O-])[C@H]3C(=O)N(Cc4ccccc4)C(=O)[C@H]23)c1O. The maximum atomic E-state index is 13.3. The zero-order chi connectivity index (χ0) is 21.6. The Kier molecular flexibility index (Phi) is 4.74. The molecule has 2 aromatic carbocycles. The third-order valence-electron chi connectivity index (χ3n) is 6.23. The molecule has 4 atom stereocenters. The number of aliphatic carboxylic acids is 1.